The first-order valence-corrected chi connectivity index (χ1v) is 7.18. The van der Waals surface area contributed by atoms with Gasteiger partial charge in [-0.2, -0.15) is 0 Å². The lowest BCUT2D eigenvalue weighted by atomic mass is 10.1. The van der Waals surface area contributed by atoms with Crippen LogP contribution < -0.4 is 5.73 Å². The molecule has 0 spiro atoms. The number of nitrogens with zero attached hydrogens (tertiary/aromatic N) is 2. The zero-order valence-corrected chi connectivity index (χ0v) is 11.4. The minimum Gasteiger partial charge on any atom is -0.398 e. The highest BCUT2D eigenvalue weighted by molar-refractivity contribution is 7.16. The van der Waals surface area contributed by atoms with Crippen LogP contribution in [-0.2, 0) is 0 Å². The number of para-hydroxylation sites is 1. The topological polar surface area (TPSA) is 51.8 Å². The van der Waals surface area contributed by atoms with Gasteiger partial charge < -0.3 is 5.73 Å². The average Bonchev–Trinajstić information content (AvgIpc) is 2.94. The zero-order valence-electron chi connectivity index (χ0n) is 10.6. The molecule has 96 valence electrons. The molecule has 0 bridgehead atoms. The molecule has 4 heteroatoms. The van der Waals surface area contributed by atoms with Gasteiger partial charge in [-0.3, -0.25) is 0 Å². The summed E-state index contributed by atoms with van der Waals surface area (Å²) in [6.07, 6.45) is 0. The van der Waals surface area contributed by atoms with Crippen LogP contribution in [0.2, 0.25) is 0 Å². The Kier molecular flexibility index (Phi) is 2.44. The Morgan fingerprint density at radius 3 is 2.80 bits per heavy atom. The monoisotopic (exact) mass is 277 g/mol. The summed E-state index contributed by atoms with van der Waals surface area (Å²) < 4.78 is 1.18. The number of nitrogens with two attached hydrogens (primary N) is 1. The van der Waals surface area contributed by atoms with E-state index in [1.807, 2.05) is 35.8 Å². The number of hydrogen-bond donors (Lipinski definition) is 1. The van der Waals surface area contributed by atoms with Gasteiger partial charge in [0.2, 0.25) is 0 Å². The maximum Gasteiger partial charge on any atom is 0.0818 e. The van der Waals surface area contributed by atoms with E-state index in [-0.39, 0.29) is 0 Å². The molecule has 0 amide bonds. The highest BCUT2D eigenvalue weighted by atomic mass is 32.1. The summed E-state index contributed by atoms with van der Waals surface area (Å²) in [6, 6.07) is 16.1. The van der Waals surface area contributed by atoms with Crippen LogP contribution in [-0.4, -0.2) is 9.97 Å². The molecule has 0 atom stereocenters. The highest BCUT2D eigenvalue weighted by Gasteiger charge is 2.06. The van der Waals surface area contributed by atoms with Gasteiger partial charge in [0, 0.05) is 16.6 Å². The molecule has 2 aromatic carbocycles. The molecule has 0 aliphatic heterocycles. The van der Waals surface area contributed by atoms with Crippen molar-refractivity contribution >= 4 is 38.1 Å². The second kappa shape index (κ2) is 4.28. The van der Waals surface area contributed by atoms with Crippen molar-refractivity contribution in [3.63, 3.8) is 0 Å². The fourth-order valence-electron chi connectivity index (χ4n) is 2.37. The van der Waals surface area contributed by atoms with Crippen molar-refractivity contribution in [2.45, 2.75) is 0 Å². The molecule has 2 aromatic heterocycles. The molecule has 20 heavy (non-hydrogen) atoms. The Balaban J connectivity index is 1.96. The first kappa shape index (κ1) is 11.4. The molecule has 0 radical (unpaired) electrons. The number of fused-ring (bicyclic) bond motifs is 2. The Morgan fingerprint density at radius 1 is 0.950 bits per heavy atom. The van der Waals surface area contributed by atoms with E-state index >= 15 is 0 Å². The molecular weight excluding hydrogens is 266 g/mol. The number of thiazole rings is 1. The van der Waals surface area contributed by atoms with Crippen molar-refractivity contribution in [2.24, 2.45) is 0 Å². The van der Waals surface area contributed by atoms with Crippen LogP contribution in [0.3, 0.4) is 0 Å². The van der Waals surface area contributed by atoms with Gasteiger partial charge in [0.1, 0.15) is 0 Å². The number of pyridine rings is 1. The number of aromatic nitrogens is 2. The van der Waals surface area contributed by atoms with E-state index in [2.05, 4.69) is 23.2 Å². The molecule has 0 saturated heterocycles. The molecule has 4 aromatic rings. The largest absolute Gasteiger partial charge is 0.398 e. The third-order valence-corrected chi connectivity index (χ3v) is 4.18. The SMILES string of the molecule is Nc1cc(-c2ccc3scnc3c2)nc2ccccc12. The standard InChI is InChI=1S/C16H11N3S/c17-12-8-14(19-13-4-2-1-3-11(12)13)10-5-6-16-15(7-10)18-9-20-16/h1-9H,(H2,17,19). The fraction of sp³-hybridized carbons (Fsp3) is 0. The van der Waals surface area contributed by atoms with Gasteiger partial charge in [-0.1, -0.05) is 24.3 Å². The molecule has 3 nitrogen and oxygen atoms in total. The summed E-state index contributed by atoms with van der Waals surface area (Å²) in [7, 11) is 0. The summed E-state index contributed by atoms with van der Waals surface area (Å²) in [5.41, 5.74) is 12.6. The lowest BCUT2D eigenvalue weighted by Crippen LogP contribution is -1.92. The maximum absolute atomic E-state index is 6.13. The van der Waals surface area contributed by atoms with Crippen LogP contribution >= 0.6 is 11.3 Å². The van der Waals surface area contributed by atoms with Gasteiger partial charge in [0.15, 0.2) is 0 Å². The average molecular weight is 277 g/mol. The van der Waals surface area contributed by atoms with Gasteiger partial charge >= 0.3 is 0 Å². The fourth-order valence-corrected chi connectivity index (χ4v) is 3.03. The summed E-state index contributed by atoms with van der Waals surface area (Å²) in [6.45, 7) is 0. The molecule has 0 saturated carbocycles. The summed E-state index contributed by atoms with van der Waals surface area (Å²) >= 11 is 1.64. The van der Waals surface area contributed by atoms with Gasteiger partial charge in [-0.25, -0.2) is 9.97 Å². The number of rotatable bonds is 1. The van der Waals surface area contributed by atoms with E-state index in [0.717, 1.165) is 33.4 Å². The van der Waals surface area contributed by atoms with Gasteiger partial charge in [0.05, 0.1) is 26.9 Å². The van der Waals surface area contributed by atoms with Gasteiger partial charge in [-0.15, -0.1) is 11.3 Å². The van der Waals surface area contributed by atoms with Crippen molar-refractivity contribution in [1.82, 2.24) is 9.97 Å². The second-order valence-corrected chi connectivity index (χ2v) is 5.54. The molecule has 0 unspecified atom stereocenters. The van der Waals surface area contributed by atoms with Crippen molar-refractivity contribution in [3.8, 4) is 11.3 Å². The molecule has 2 N–H and O–H groups in total. The van der Waals surface area contributed by atoms with E-state index in [9.17, 15) is 0 Å². The number of anilines is 1. The molecule has 4 rings (SSSR count). The predicted molar refractivity (Wildman–Crippen MR) is 84.8 cm³/mol. The Morgan fingerprint density at radius 2 is 1.85 bits per heavy atom. The quantitative estimate of drug-likeness (QED) is 0.570. The minimum absolute atomic E-state index is 0.754. The van der Waals surface area contributed by atoms with E-state index in [0.29, 0.717) is 0 Å². The molecule has 0 aliphatic carbocycles. The molecule has 0 aliphatic rings. The zero-order chi connectivity index (χ0) is 13.5. The highest BCUT2D eigenvalue weighted by Crippen LogP contribution is 2.28. The van der Waals surface area contributed by atoms with E-state index in [4.69, 9.17) is 10.7 Å². The summed E-state index contributed by atoms with van der Waals surface area (Å²) in [5.74, 6) is 0. The summed E-state index contributed by atoms with van der Waals surface area (Å²) in [5, 5.41) is 0.992. The Hall–Kier alpha value is -2.46. The van der Waals surface area contributed by atoms with Crippen molar-refractivity contribution < 1.29 is 0 Å². The van der Waals surface area contributed by atoms with E-state index < -0.39 is 0 Å². The summed E-state index contributed by atoms with van der Waals surface area (Å²) in [4.78, 5) is 9.04. The van der Waals surface area contributed by atoms with Crippen molar-refractivity contribution in [2.75, 3.05) is 5.73 Å². The lowest BCUT2D eigenvalue weighted by molar-refractivity contribution is 1.40. The third-order valence-electron chi connectivity index (χ3n) is 3.37. The predicted octanol–water partition coefficient (Wildman–Crippen LogP) is 4.09. The van der Waals surface area contributed by atoms with Gasteiger partial charge in [-0.05, 0) is 24.3 Å². The van der Waals surface area contributed by atoms with Crippen molar-refractivity contribution in [1.29, 1.82) is 0 Å². The van der Waals surface area contributed by atoms with Crippen LogP contribution in [0.25, 0.3) is 32.4 Å². The number of nitrogen functional groups attached to an aromatic ring is 1. The first-order chi connectivity index (χ1) is 9.81. The smallest absolute Gasteiger partial charge is 0.0818 e. The van der Waals surface area contributed by atoms with Crippen LogP contribution in [0.4, 0.5) is 5.69 Å². The minimum atomic E-state index is 0.754. The first-order valence-electron chi connectivity index (χ1n) is 6.30. The Labute approximate surface area is 119 Å². The number of benzene rings is 2. The van der Waals surface area contributed by atoms with Crippen LogP contribution in [0, 0.1) is 0 Å². The second-order valence-electron chi connectivity index (χ2n) is 4.65. The molecule has 0 fully saturated rings. The van der Waals surface area contributed by atoms with E-state index in [1.54, 1.807) is 11.3 Å². The van der Waals surface area contributed by atoms with Crippen LogP contribution in [0.15, 0.2) is 54.0 Å². The third kappa shape index (κ3) is 1.73. The van der Waals surface area contributed by atoms with Crippen LogP contribution in [0.1, 0.15) is 0 Å². The van der Waals surface area contributed by atoms with E-state index in [1.165, 1.54) is 4.70 Å². The molecule has 2 heterocycles. The lowest BCUT2D eigenvalue weighted by Gasteiger charge is -2.06. The normalized spacial score (nSPS) is 11.2. The van der Waals surface area contributed by atoms with Crippen LogP contribution in [0.5, 0.6) is 0 Å². The van der Waals surface area contributed by atoms with Crippen molar-refractivity contribution in [3.05, 3.63) is 54.0 Å². The number of hydrogen-bond acceptors (Lipinski definition) is 4. The maximum atomic E-state index is 6.13. The molecular formula is C16H11N3S. The Bertz CT molecular complexity index is 927. The van der Waals surface area contributed by atoms with Gasteiger partial charge in [0.25, 0.3) is 0 Å².